The zero-order valence-corrected chi connectivity index (χ0v) is 21.4. The van der Waals surface area contributed by atoms with Gasteiger partial charge in [-0.15, -0.1) is 0 Å². The third kappa shape index (κ3) is 8.49. The van der Waals surface area contributed by atoms with Crippen molar-refractivity contribution in [2.24, 2.45) is 5.92 Å². The van der Waals surface area contributed by atoms with Crippen molar-refractivity contribution in [3.05, 3.63) is 72.1 Å². The second-order valence-electron chi connectivity index (χ2n) is 9.38. The van der Waals surface area contributed by atoms with E-state index in [-0.39, 0.29) is 0 Å². The lowest BCUT2D eigenvalue weighted by Crippen LogP contribution is -2.16. The Morgan fingerprint density at radius 2 is 1.56 bits per heavy atom. The smallest absolute Gasteiger partial charge is 0.343 e. The fourth-order valence-electron chi connectivity index (χ4n) is 3.79. The molecule has 188 valence electrons. The highest BCUT2D eigenvalue weighted by Crippen LogP contribution is 2.22. The topological polar surface area (TPSA) is 85.1 Å². The molecule has 0 N–H and O–H groups in total. The molecule has 0 saturated carbocycles. The van der Waals surface area contributed by atoms with Gasteiger partial charge in [-0.3, -0.25) is 0 Å². The third-order valence-electron chi connectivity index (χ3n) is 5.80. The predicted octanol–water partition coefficient (Wildman–Crippen LogP) is 7.19. The summed E-state index contributed by atoms with van der Waals surface area (Å²) in [4.78, 5) is 21.6. The van der Waals surface area contributed by atoms with Crippen LogP contribution in [0.5, 0.6) is 11.5 Å². The quantitative estimate of drug-likeness (QED) is 0.145. The summed E-state index contributed by atoms with van der Waals surface area (Å²) in [5, 5.41) is 9.24. The van der Waals surface area contributed by atoms with Crippen LogP contribution in [0, 0.1) is 17.2 Å². The van der Waals surface area contributed by atoms with Crippen LogP contribution >= 0.6 is 0 Å². The highest BCUT2D eigenvalue weighted by Gasteiger charge is 2.13. The Labute approximate surface area is 214 Å². The maximum Gasteiger partial charge on any atom is 0.343 e. The number of benzene rings is 2. The molecule has 0 bridgehead atoms. The van der Waals surface area contributed by atoms with Crippen molar-refractivity contribution >= 4 is 5.97 Å². The fourth-order valence-corrected chi connectivity index (χ4v) is 3.79. The van der Waals surface area contributed by atoms with Crippen molar-refractivity contribution in [3.63, 3.8) is 0 Å². The Morgan fingerprint density at radius 3 is 2.17 bits per heavy atom. The van der Waals surface area contributed by atoms with Crippen LogP contribution in [0.3, 0.4) is 0 Å². The molecule has 3 rings (SSSR count). The number of carbonyl (C=O) groups excluding carboxylic acids is 1. The second-order valence-corrected chi connectivity index (χ2v) is 9.38. The van der Waals surface area contributed by atoms with Crippen LogP contribution in [-0.2, 0) is 6.42 Å². The van der Waals surface area contributed by atoms with Crippen molar-refractivity contribution in [2.75, 3.05) is 0 Å². The van der Waals surface area contributed by atoms with Gasteiger partial charge in [-0.25, -0.2) is 14.8 Å². The lowest BCUT2D eigenvalue weighted by Gasteiger charge is -2.14. The second kappa shape index (κ2) is 14.0. The molecule has 0 aliphatic carbocycles. The van der Waals surface area contributed by atoms with E-state index in [0.717, 1.165) is 24.0 Å². The van der Waals surface area contributed by atoms with E-state index in [4.69, 9.17) is 9.47 Å². The molecule has 36 heavy (non-hydrogen) atoms. The van der Waals surface area contributed by atoms with E-state index in [1.165, 1.54) is 25.7 Å². The maximum atomic E-state index is 12.6. The average Bonchev–Trinajstić information content (AvgIpc) is 2.89. The minimum atomic E-state index is -0.507. The van der Waals surface area contributed by atoms with Crippen LogP contribution < -0.4 is 9.47 Å². The summed E-state index contributed by atoms with van der Waals surface area (Å²) in [6.45, 7) is 6.31. The Hall–Kier alpha value is -3.72. The Bertz CT molecular complexity index is 1120. The molecule has 0 aliphatic rings. The first kappa shape index (κ1) is 26.9. The van der Waals surface area contributed by atoms with E-state index in [2.05, 4.69) is 23.0 Å². The summed E-state index contributed by atoms with van der Waals surface area (Å²) in [5.41, 5.74) is 2.43. The maximum absolute atomic E-state index is 12.6. The molecule has 0 unspecified atom stereocenters. The van der Waals surface area contributed by atoms with Gasteiger partial charge in [-0.05, 0) is 60.7 Å². The molecule has 1 aromatic heterocycles. The van der Waals surface area contributed by atoms with Crippen LogP contribution in [0.2, 0.25) is 0 Å². The van der Waals surface area contributed by atoms with Crippen molar-refractivity contribution in [1.82, 2.24) is 9.97 Å². The number of nitrogens with zero attached hydrogens (tertiary/aromatic N) is 3. The highest BCUT2D eigenvalue weighted by molar-refractivity contribution is 5.91. The Balaban J connectivity index is 1.52. The Morgan fingerprint density at radius 1 is 0.917 bits per heavy atom. The van der Waals surface area contributed by atoms with E-state index in [0.29, 0.717) is 35.2 Å². The van der Waals surface area contributed by atoms with E-state index in [1.807, 2.05) is 38.4 Å². The molecular weight excluding hydrogens is 450 g/mol. The van der Waals surface area contributed by atoms with E-state index in [1.54, 1.807) is 36.4 Å². The lowest BCUT2D eigenvalue weighted by atomic mass is 10.1. The number of unbranched alkanes of at least 4 members (excludes halogenated alkanes) is 4. The molecular formula is C30H35N3O3. The van der Waals surface area contributed by atoms with Crippen molar-refractivity contribution in [2.45, 2.75) is 71.8 Å². The molecule has 2 aromatic carbocycles. The molecule has 0 radical (unpaired) electrons. The monoisotopic (exact) mass is 485 g/mol. The van der Waals surface area contributed by atoms with Gasteiger partial charge in [0.1, 0.15) is 17.6 Å². The van der Waals surface area contributed by atoms with Crippen molar-refractivity contribution in [3.8, 4) is 29.0 Å². The number of rotatable bonds is 13. The average molecular weight is 486 g/mol. The summed E-state index contributed by atoms with van der Waals surface area (Å²) in [6, 6.07) is 15.9. The van der Waals surface area contributed by atoms with E-state index in [9.17, 15) is 10.1 Å². The summed E-state index contributed by atoms with van der Waals surface area (Å²) >= 11 is 0. The first-order valence-corrected chi connectivity index (χ1v) is 12.8. The molecule has 6 nitrogen and oxygen atoms in total. The highest BCUT2D eigenvalue weighted by atomic mass is 16.5. The molecule has 0 fully saturated rings. The van der Waals surface area contributed by atoms with Gasteiger partial charge in [-0.2, -0.15) is 5.26 Å². The van der Waals surface area contributed by atoms with E-state index >= 15 is 0 Å². The van der Waals surface area contributed by atoms with Gasteiger partial charge < -0.3 is 9.47 Å². The summed E-state index contributed by atoms with van der Waals surface area (Å²) in [7, 11) is 0. The lowest BCUT2D eigenvalue weighted by molar-refractivity contribution is 0.0734. The van der Waals surface area contributed by atoms with Crippen LogP contribution in [-0.4, -0.2) is 22.0 Å². The minimum Gasteiger partial charge on any atom is -0.476 e. The van der Waals surface area contributed by atoms with Gasteiger partial charge in [0, 0.05) is 24.4 Å². The zero-order valence-electron chi connectivity index (χ0n) is 21.4. The van der Waals surface area contributed by atoms with Gasteiger partial charge in [-0.1, -0.05) is 58.6 Å². The van der Waals surface area contributed by atoms with Gasteiger partial charge in [0.05, 0.1) is 5.56 Å². The van der Waals surface area contributed by atoms with Gasteiger partial charge in [0.2, 0.25) is 0 Å². The van der Waals surface area contributed by atoms with Crippen molar-refractivity contribution in [1.29, 1.82) is 5.26 Å². The van der Waals surface area contributed by atoms with Crippen molar-refractivity contribution < 1.29 is 14.3 Å². The first-order valence-electron chi connectivity index (χ1n) is 12.8. The Kier molecular flexibility index (Phi) is 10.4. The molecule has 3 aromatic rings. The minimum absolute atomic E-state index is 0.359. The number of carbonyl (C=O) groups is 1. The number of hydrogen-bond acceptors (Lipinski definition) is 6. The molecule has 1 atom stereocenters. The normalized spacial score (nSPS) is 11.6. The fraction of sp³-hybridized carbons (Fsp3) is 0.400. The predicted molar refractivity (Wildman–Crippen MR) is 141 cm³/mol. The van der Waals surface area contributed by atoms with Gasteiger partial charge >= 0.3 is 5.97 Å². The number of aromatic nitrogens is 2. The molecule has 0 amide bonds. The summed E-state index contributed by atoms with van der Waals surface area (Å²) in [6.07, 6.45) is 11.1. The zero-order chi connectivity index (χ0) is 25.8. The molecule has 0 spiro atoms. The molecule has 1 heterocycles. The largest absolute Gasteiger partial charge is 0.476 e. The first-order chi connectivity index (χ1) is 17.5. The van der Waals surface area contributed by atoms with Crippen LogP contribution in [0.1, 0.15) is 75.2 Å². The van der Waals surface area contributed by atoms with E-state index < -0.39 is 12.1 Å². The molecule has 0 saturated heterocycles. The van der Waals surface area contributed by atoms with Crippen LogP contribution in [0.25, 0.3) is 11.4 Å². The SMILES string of the molecule is CCCCCCCc1cnc(-c2ccc(C(=O)Oc3ccc(O[C@@H](C#N)CC(C)C)cc3)cc2)nc1. The number of ether oxygens (including phenoxy) is 2. The molecule has 0 aliphatic heterocycles. The van der Waals surface area contributed by atoms with Crippen LogP contribution in [0.15, 0.2) is 60.9 Å². The summed E-state index contributed by atoms with van der Waals surface area (Å²) < 4.78 is 11.2. The third-order valence-corrected chi connectivity index (χ3v) is 5.80. The number of nitriles is 1. The van der Waals surface area contributed by atoms with Crippen LogP contribution in [0.4, 0.5) is 0 Å². The number of hydrogen-bond donors (Lipinski definition) is 0. The number of esters is 1. The standard InChI is InChI=1S/C30H35N3O3/c1-4-5-6-7-8-9-23-20-32-29(33-21-23)24-10-12-25(13-11-24)30(34)36-27-16-14-26(15-17-27)35-28(19-31)18-22(2)3/h10-17,20-22,28H,4-9,18H2,1-3H3/t28-/m1/s1. The summed E-state index contributed by atoms with van der Waals surface area (Å²) in [5.74, 6) is 1.51. The van der Waals surface area contributed by atoms with Gasteiger partial charge in [0.25, 0.3) is 0 Å². The molecule has 6 heteroatoms. The van der Waals surface area contributed by atoms with Gasteiger partial charge in [0.15, 0.2) is 11.9 Å². The number of aryl methyl sites for hydroxylation is 1.